The summed E-state index contributed by atoms with van der Waals surface area (Å²) in [6.45, 7) is 6.82. The molecule has 0 radical (unpaired) electrons. The zero-order chi connectivity index (χ0) is 20.5. The summed E-state index contributed by atoms with van der Waals surface area (Å²) in [6.07, 6.45) is 0.756. The second kappa shape index (κ2) is 10.6. The fourth-order valence-electron chi connectivity index (χ4n) is 3.69. The van der Waals surface area contributed by atoms with Crippen molar-refractivity contribution in [1.29, 1.82) is 0 Å². The number of nitrogens with one attached hydrogen (secondary N) is 3. The molecule has 2 aromatic carbocycles. The predicted molar refractivity (Wildman–Crippen MR) is 115 cm³/mol. The van der Waals surface area contributed by atoms with E-state index in [0.29, 0.717) is 12.8 Å². The first-order chi connectivity index (χ1) is 14.1. The predicted octanol–water partition coefficient (Wildman–Crippen LogP) is 1.12. The van der Waals surface area contributed by atoms with Crippen molar-refractivity contribution in [2.45, 2.75) is 25.7 Å². The van der Waals surface area contributed by atoms with E-state index in [-0.39, 0.29) is 17.7 Å². The Morgan fingerprint density at radius 3 is 2.17 bits per heavy atom. The van der Waals surface area contributed by atoms with Crippen molar-refractivity contribution in [2.24, 2.45) is 0 Å². The molecule has 2 amide bonds. The van der Waals surface area contributed by atoms with E-state index in [2.05, 4.69) is 40.0 Å². The molecular weight excluding hydrogens is 364 g/mol. The normalized spacial score (nSPS) is 15.6. The van der Waals surface area contributed by atoms with Gasteiger partial charge in [0.2, 0.25) is 11.8 Å². The fourth-order valence-corrected chi connectivity index (χ4v) is 3.69. The molecule has 3 rings (SSSR count). The zero-order valence-corrected chi connectivity index (χ0v) is 17.1. The highest BCUT2D eigenvalue weighted by Crippen LogP contribution is 2.17. The SMILES string of the molecule is C[C@H](CC(=O)NNC(=O)CC[NH+]1CCN(c2ccccc2)CC1)c1ccccc1. The molecule has 0 unspecified atom stereocenters. The van der Waals surface area contributed by atoms with Crippen LogP contribution in [0.3, 0.4) is 0 Å². The number of para-hydroxylation sites is 1. The van der Waals surface area contributed by atoms with Gasteiger partial charge < -0.3 is 9.80 Å². The number of quaternary nitrogens is 1. The van der Waals surface area contributed by atoms with Crippen molar-refractivity contribution in [3.63, 3.8) is 0 Å². The fraction of sp³-hybridized carbons (Fsp3) is 0.391. The van der Waals surface area contributed by atoms with Gasteiger partial charge in [0.15, 0.2) is 0 Å². The summed E-state index contributed by atoms with van der Waals surface area (Å²) >= 11 is 0. The zero-order valence-electron chi connectivity index (χ0n) is 17.1. The summed E-state index contributed by atoms with van der Waals surface area (Å²) in [5.41, 5.74) is 7.47. The maximum Gasteiger partial charge on any atom is 0.244 e. The van der Waals surface area contributed by atoms with Gasteiger partial charge in [0.1, 0.15) is 0 Å². The van der Waals surface area contributed by atoms with E-state index in [1.165, 1.54) is 10.6 Å². The Balaban J connectivity index is 1.31. The van der Waals surface area contributed by atoms with Crippen molar-refractivity contribution in [3.05, 3.63) is 66.2 Å². The first kappa shape index (κ1) is 20.9. The first-order valence-corrected chi connectivity index (χ1v) is 10.4. The van der Waals surface area contributed by atoms with E-state index in [1.807, 2.05) is 43.3 Å². The van der Waals surface area contributed by atoms with Gasteiger partial charge in [-0.1, -0.05) is 55.5 Å². The van der Waals surface area contributed by atoms with Crippen LogP contribution in [0.1, 0.15) is 31.2 Å². The molecule has 1 aliphatic heterocycles. The molecule has 29 heavy (non-hydrogen) atoms. The molecule has 6 heteroatoms. The van der Waals surface area contributed by atoms with E-state index in [9.17, 15) is 9.59 Å². The summed E-state index contributed by atoms with van der Waals surface area (Å²) in [6, 6.07) is 20.3. The molecule has 154 valence electrons. The minimum Gasteiger partial charge on any atom is -0.360 e. The van der Waals surface area contributed by atoms with E-state index < -0.39 is 0 Å². The molecule has 1 fully saturated rings. The summed E-state index contributed by atoms with van der Waals surface area (Å²) in [7, 11) is 0. The van der Waals surface area contributed by atoms with Crippen molar-refractivity contribution in [1.82, 2.24) is 10.9 Å². The van der Waals surface area contributed by atoms with Crippen molar-refractivity contribution in [2.75, 3.05) is 37.6 Å². The van der Waals surface area contributed by atoms with Crippen LogP contribution >= 0.6 is 0 Å². The van der Waals surface area contributed by atoms with Crippen molar-refractivity contribution < 1.29 is 14.5 Å². The Hall–Kier alpha value is -2.86. The van der Waals surface area contributed by atoms with Gasteiger partial charge in [-0.3, -0.25) is 20.4 Å². The number of piperazine rings is 1. The number of hydrazine groups is 1. The van der Waals surface area contributed by atoms with Crippen LogP contribution in [0.2, 0.25) is 0 Å². The van der Waals surface area contributed by atoms with Crippen LogP contribution in [0, 0.1) is 0 Å². The minimum absolute atomic E-state index is 0.110. The summed E-state index contributed by atoms with van der Waals surface area (Å²) in [4.78, 5) is 28.0. The standard InChI is InChI=1S/C23H30N4O2/c1-19(20-8-4-2-5-9-20)18-23(29)25-24-22(28)12-13-26-14-16-27(17-15-26)21-10-6-3-7-11-21/h2-11,19H,12-18H2,1H3,(H,24,28)(H,25,29)/p+1/t19-/m1/s1. The third-order valence-corrected chi connectivity index (χ3v) is 5.50. The highest BCUT2D eigenvalue weighted by Gasteiger charge is 2.20. The van der Waals surface area contributed by atoms with Gasteiger partial charge in [-0.15, -0.1) is 0 Å². The molecule has 6 nitrogen and oxygen atoms in total. The van der Waals surface area contributed by atoms with Crippen LogP contribution in [-0.2, 0) is 9.59 Å². The number of hydrogen-bond acceptors (Lipinski definition) is 3. The Morgan fingerprint density at radius 1 is 0.931 bits per heavy atom. The third-order valence-electron chi connectivity index (χ3n) is 5.50. The number of anilines is 1. The van der Waals surface area contributed by atoms with Gasteiger partial charge in [0.05, 0.1) is 39.1 Å². The highest BCUT2D eigenvalue weighted by molar-refractivity contribution is 5.82. The molecule has 1 saturated heterocycles. The largest absolute Gasteiger partial charge is 0.360 e. The smallest absolute Gasteiger partial charge is 0.244 e. The molecule has 3 N–H and O–H groups in total. The number of nitrogens with zero attached hydrogens (tertiary/aromatic N) is 1. The Morgan fingerprint density at radius 2 is 1.52 bits per heavy atom. The average Bonchev–Trinajstić information content (AvgIpc) is 2.78. The van der Waals surface area contributed by atoms with Gasteiger partial charge >= 0.3 is 0 Å². The van der Waals surface area contributed by atoms with Crippen molar-refractivity contribution in [3.8, 4) is 0 Å². The summed E-state index contributed by atoms with van der Waals surface area (Å²) < 4.78 is 0. The van der Waals surface area contributed by atoms with E-state index in [1.54, 1.807) is 0 Å². The highest BCUT2D eigenvalue weighted by atomic mass is 16.2. The van der Waals surface area contributed by atoms with Gasteiger partial charge in [0.25, 0.3) is 0 Å². The lowest BCUT2D eigenvalue weighted by molar-refractivity contribution is -0.900. The number of benzene rings is 2. The minimum atomic E-state index is -0.168. The van der Waals surface area contributed by atoms with Crippen LogP contribution in [0.4, 0.5) is 5.69 Å². The van der Waals surface area contributed by atoms with Crippen LogP contribution < -0.4 is 20.7 Å². The second-order valence-electron chi connectivity index (χ2n) is 7.68. The molecule has 1 heterocycles. The third kappa shape index (κ3) is 6.61. The topological polar surface area (TPSA) is 65.9 Å². The Bertz CT molecular complexity index is 774. The van der Waals surface area contributed by atoms with Gasteiger partial charge in [0, 0.05) is 12.1 Å². The van der Waals surface area contributed by atoms with Crippen LogP contribution in [0.25, 0.3) is 0 Å². The maximum atomic E-state index is 12.1. The lowest BCUT2D eigenvalue weighted by Crippen LogP contribution is -3.15. The molecule has 2 aromatic rings. The first-order valence-electron chi connectivity index (χ1n) is 10.4. The molecule has 0 bridgehead atoms. The number of carbonyl (C=O) groups is 2. The Kier molecular flexibility index (Phi) is 7.64. The molecule has 1 aliphatic rings. The summed E-state index contributed by atoms with van der Waals surface area (Å²) in [5, 5.41) is 0. The maximum absolute atomic E-state index is 12.1. The van der Waals surface area contributed by atoms with Crippen LogP contribution in [0.15, 0.2) is 60.7 Å². The van der Waals surface area contributed by atoms with Gasteiger partial charge in [-0.2, -0.15) is 0 Å². The molecule has 0 spiro atoms. The average molecular weight is 396 g/mol. The monoisotopic (exact) mass is 395 g/mol. The van der Waals surface area contributed by atoms with Crippen LogP contribution in [0.5, 0.6) is 0 Å². The van der Waals surface area contributed by atoms with Gasteiger partial charge in [-0.25, -0.2) is 0 Å². The molecule has 0 saturated carbocycles. The molecule has 0 aliphatic carbocycles. The second-order valence-corrected chi connectivity index (χ2v) is 7.68. The lowest BCUT2D eigenvalue weighted by Gasteiger charge is -2.33. The lowest BCUT2D eigenvalue weighted by atomic mass is 9.98. The van der Waals surface area contributed by atoms with E-state index in [4.69, 9.17) is 0 Å². The van der Waals surface area contributed by atoms with Gasteiger partial charge in [-0.05, 0) is 23.6 Å². The molecule has 0 aromatic heterocycles. The molecule has 1 atom stereocenters. The Labute approximate surface area is 172 Å². The number of amides is 2. The summed E-state index contributed by atoms with van der Waals surface area (Å²) in [5.74, 6) is -0.194. The molecular formula is C23H31N4O2+. The number of rotatable bonds is 7. The quantitative estimate of drug-likeness (QED) is 0.616. The van der Waals surface area contributed by atoms with E-state index in [0.717, 1.165) is 38.3 Å². The van der Waals surface area contributed by atoms with E-state index >= 15 is 0 Å². The van der Waals surface area contributed by atoms with Crippen molar-refractivity contribution >= 4 is 17.5 Å². The van der Waals surface area contributed by atoms with Crippen LogP contribution in [-0.4, -0.2) is 44.5 Å². The number of carbonyl (C=O) groups excluding carboxylic acids is 2. The number of hydrogen-bond donors (Lipinski definition) is 3.